The summed E-state index contributed by atoms with van der Waals surface area (Å²) in [7, 11) is 1.97. The smallest absolute Gasteiger partial charge is 0.119 e. The summed E-state index contributed by atoms with van der Waals surface area (Å²) >= 11 is 0. The van der Waals surface area contributed by atoms with Gasteiger partial charge in [-0.15, -0.1) is 0 Å². The van der Waals surface area contributed by atoms with E-state index in [4.69, 9.17) is 4.74 Å². The average Bonchev–Trinajstić information content (AvgIpc) is 2.35. The molecular weight excluding hydrogens is 198 g/mol. The van der Waals surface area contributed by atoms with Crippen molar-refractivity contribution in [2.24, 2.45) is 0 Å². The predicted molar refractivity (Wildman–Crippen MR) is 67.6 cm³/mol. The zero-order valence-corrected chi connectivity index (χ0v) is 10.0. The molecule has 2 heteroatoms. The maximum absolute atomic E-state index is 5.65. The number of hydrogen-bond donors (Lipinski definition) is 1. The molecule has 0 amide bonds. The van der Waals surface area contributed by atoms with Gasteiger partial charge in [0.05, 0.1) is 6.61 Å². The highest BCUT2D eigenvalue weighted by atomic mass is 16.5. The van der Waals surface area contributed by atoms with Gasteiger partial charge in [0.15, 0.2) is 0 Å². The van der Waals surface area contributed by atoms with E-state index in [1.807, 2.05) is 7.05 Å². The monoisotopic (exact) mass is 217 g/mol. The second-order valence-electron chi connectivity index (χ2n) is 4.07. The molecule has 0 atom stereocenters. The van der Waals surface area contributed by atoms with Crippen LogP contribution in [0.4, 0.5) is 0 Å². The lowest BCUT2D eigenvalue weighted by molar-refractivity contribution is 0.317. The molecule has 0 saturated heterocycles. The third kappa shape index (κ3) is 2.21. The normalized spacial score (nSPS) is 14.0. The zero-order valence-electron chi connectivity index (χ0n) is 10.0. The fourth-order valence-electron chi connectivity index (χ4n) is 2.07. The van der Waals surface area contributed by atoms with Gasteiger partial charge in [-0.3, -0.25) is 0 Å². The summed E-state index contributed by atoms with van der Waals surface area (Å²) < 4.78 is 5.65. The Morgan fingerprint density at radius 3 is 3.00 bits per heavy atom. The molecule has 0 fully saturated rings. The molecule has 0 radical (unpaired) electrons. The van der Waals surface area contributed by atoms with Crippen LogP contribution < -0.4 is 10.1 Å². The van der Waals surface area contributed by atoms with Gasteiger partial charge in [-0.05, 0) is 43.0 Å². The quantitative estimate of drug-likeness (QED) is 0.837. The Labute approximate surface area is 97.3 Å². The number of aryl methyl sites for hydroxylation is 1. The van der Waals surface area contributed by atoms with Crippen LogP contribution in [0, 0.1) is 0 Å². The predicted octanol–water partition coefficient (Wildman–Crippen LogP) is 2.98. The van der Waals surface area contributed by atoms with Crippen molar-refractivity contribution in [2.75, 3.05) is 13.7 Å². The lowest BCUT2D eigenvalue weighted by atomic mass is 9.94. The first-order valence-corrected chi connectivity index (χ1v) is 5.99. The van der Waals surface area contributed by atoms with Crippen LogP contribution in [0.2, 0.25) is 0 Å². The van der Waals surface area contributed by atoms with Crippen LogP contribution in [-0.2, 0) is 6.42 Å². The van der Waals surface area contributed by atoms with E-state index in [1.165, 1.54) is 16.8 Å². The summed E-state index contributed by atoms with van der Waals surface area (Å²) in [5, 5.41) is 3.24. The van der Waals surface area contributed by atoms with Crippen molar-refractivity contribution in [1.82, 2.24) is 5.32 Å². The highest BCUT2D eigenvalue weighted by Crippen LogP contribution is 2.27. The van der Waals surface area contributed by atoms with Crippen molar-refractivity contribution in [2.45, 2.75) is 26.2 Å². The van der Waals surface area contributed by atoms with Gasteiger partial charge in [-0.25, -0.2) is 0 Å². The van der Waals surface area contributed by atoms with Crippen LogP contribution in [0.1, 0.15) is 30.9 Å². The number of rotatable bonds is 4. The highest BCUT2D eigenvalue weighted by Gasteiger charge is 2.11. The second kappa shape index (κ2) is 5.06. The molecule has 0 saturated carbocycles. The summed E-state index contributed by atoms with van der Waals surface area (Å²) in [6.07, 6.45) is 5.54. The van der Waals surface area contributed by atoms with Gasteiger partial charge in [0, 0.05) is 18.3 Å². The number of benzene rings is 1. The van der Waals surface area contributed by atoms with Crippen LogP contribution in [0.5, 0.6) is 5.75 Å². The van der Waals surface area contributed by atoms with Gasteiger partial charge < -0.3 is 10.1 Å². The zero-order chi connectivity index (χ0) is 11.4. The Bertz CT molecular complexity index is 396. The van der Waals surface area contributed by atoms with E-state index in [-0.39, 0.29) is 0 Å². The standard InChI is InChI=1S/C14H19NO/c1-3-9-16-12-7-8-13-11(10-12)5-4-6-14(13)15-2/h6-8,10,15H,3-5,9H2,1-2H3. The number of allylic oxidation sites excluding steroid dienone is 1. The molecule has 1 N–H and O–H groups in total. The first kappa shape index (κ1) is 11.1. The Morgan fingerprint density at radius 2 is 2.25 bits per heavy atom. The van der Waals surface area contributed by atoms with E-state index in [2.05, 4.69) is 36.5 Å². The van der Waals surface area contributed by atoms with Crippen molar-refractivity contribution in [3.05, 3.63) is 35.4 Å². The van der Waals surface area contributed by atoms with Gasteiger partial charge in [0.1, 0.15) is 5.75 Å². The molecule has 0 bridgehead atoms. The lowest BCUT2D eigenvalue weighted by Gasteiger charge is -2.18. The van der Waals surface area contributed by atoms with Crippen LogP contribution in [0.25, 0.3) is 5.70 Å². The Balaban J connectivity index is 2.23. The first-order chi connectivity index (χ1) is 7.85. The molecule has 0 spiro atoms. The van der Waals surface area contributed by atoms with Crippen molar-refractivity contribution in [1.29, 1.82) is 0 Å². The van der Waals surface area contributed by atoms with Gasteiger partial charge in [-0.2, -0.15) is 0 Å². The number of ether oxygens (including phenoxy) is 1. The van der Waals surface area contributed by atoms with Gasteiger partial charge in [-0.1, -0.05) is 13.0 Å². The fraction of sp³-hybridized carbons (Fsp3) is 0.429. The van der Waals surface area contributed by atoms with Crippen molar-refractivity contribution >= 4 is 5.70 Å². The van der Waals surface area contributed by atoms with Crippen molar-refractivity contribution in [3.8, 4) is 5.75 Å². The molecule has 1 aliphatic carbocycles. The third-order valence-corrected chi connectivity index (χ3v) is 2.87. The summed E-state index contributed by atoms with van der Waals surface area (Å²) in [5.74, 6) is 0.998. The van der Waals surface area contributed by atoms with E-state index in [0.29, 0.717) is 0 Å². The summed E-state index contributed by atoms with van der Waals surface area (Å²) in [6.45, 7) is 2.92. The molecular formula is C14H19NO. The summed E-state index contributed by atoms with van der Waals surface area (Å²) in [4.78, 5) is 0. The topological polar surface area (TPSA) is 21.3 Å². The van der Waals surface area contributed by atoms with Crippen LogP contribution in [0.15, 0.2) is 24.3 Å². The van der Waals surface area contributed by atoms with Gasteiger partial charge in [0.2, 0.25) is 0 Å². The molecule has 16 heavy (non-hydrogen) atoms. The molecule has 0 aliphatic heterocycles. The SMILES string of the molecule is CCCOc1ccc2c(c1)CCC=C2NC. The fourth-order valence-corrected chi connectivity index (χ4v) is 2.07. The minimum Gasteiger partial charge on any atom is -0.494 e. The molecule has 1 aromatic rings. The van der Waals surface area contributed by atoms with E-state index < -0.39 is 0 Å². The molecule has 1 aliphatic rings. The molecule has 0 unspecified atom stereocenters. The Kier molecular flexibility index (Phi) is 3.50. The molecule has 0 aromatic heterocycles. The van der Waals surface area contributed by atoms with Crippen LogP contribution >= 0.6 is 0 Å². The second-order valence-corrected chi connectivity index (χ2v) is 4.07. The lowest BCUT2D eigenvalue weighted by Crippen LogP contribution is -2.11. The average molecular weight is 217 g/mol. The summed E-state index contributed by atoms with van der Waals surface area (Å²) in [5.41, 5.74) is 3.95. The largest absolute Gasteiger partial charge is 0.494 e. The van der Waals surface area contributed by atoms with Crippen molar-refractivity contribution < 1.29 is 4.74 Å². The third-order valence-electron chi connectivity index (χ3n) is 2.87. The van der Waals surface area contributed by atoms with E-state index in [1.54, 1.807) is 0 Å². The summed E-state index contributed by atoms with van der Waals surface area (Å²) in [6, 6.07) is 6.39. The first-order valence-electron chi connectivity index (χ1n) is 5.99. The Hall–Kier alpha value is -1.44. The molecule has 2 nitrogen and oxygen atoms in total. The molecule has 2 rings (SSSR count). The number of hydrogen-bond acceptors (Lipinski definition) is 2. The van der Waals surface area contributed by atoms with E-state index >= 15 is 0 Å². The maximum atomic E-state index is 5.65. The Morgan fingerprint density at radius 1 is 1.38 bits per heavy atom. The maximum Gasteiger partial charge on any atom is 0.119 e. The minimum absolute atomic E-state index is 0.799. The van der Waals surface area contributed by atoms with Gasteiger partial charge in [0.25, 0.3) is 0 Å². The van der Waals surface area contributed by atoms with E-state index in [9.17, 15) is 0 Å². The number of nitrogens with one attached hydrogen (secondary N) is 1. The van der Waals surface area contributed by atoms with E-state index in [0.717, 1.165) is 31.6 Å². The highest BCUT2D eigenvalue weighted by molar-refractivity contribution is 5.69. The number of fused-ring (bicyclic) bond motifs is 1. The minimum atomic E-state index is 0.799. The molecule has 1 aromatic carbocycles. The van der Waals surface area contributed by atoms with Gasteiger partial charge >= 0.3 is 0 Å². The van der Waals surface area contributed by atoms with Crippen LogP contribution in [-0.4, -0.2) is 13.7 Å². The van der Waals surface area contributed by atoms with Crippen LogP contribution in [0.3, 0.4) is 0 Å². The molecule has 86 valence electrons. The van der Waals surface area contributed by atoms with Crippen molar-refractivity contribution in [3.63, 3.8) is 0 Å². The molecule has 0 heterocycles.